The number of nitrogens with two attached hydrogens (primary N) is 1. The van der Waals surface area contributed by atoms with E-state index in [-0.39, 0.29) is 10.5 Å². The highest BCUT2D eigenvalue weighted by Crippen LogP contribution is 2.37. The third-order valence-electron chi connectivity index (χ3n) is 3.47. The monoisotopic (exact) mass is 346 g/mol. The molecule has 0 bridgehead atoms. The Labute approximate surface area is 135 Å². The van der Waals surface area contributed by atoms with Crippen LogP contribution in [-0.4, -0.2) is 37.0 Å². The highest BCUT2D eigenvalue weighted by Gasteiger charge is 2.30. The van der Waals surface area contributed by atoms with Gasteiger partial charge >= 0.3 is 0 Å². The van der Waals surface area contributed by atoms with Crippen LogP contribution in [0.3, 0.4) is 0 Å². The molecule has 7 heteroatoms. The Morgan fingerprint density at radius 3 is 2.71 bits per heavy atom. The van der Waals surface area contributed by atoms with Gasteiger partial charge in [-0.2, -0.15) is 11.8 Å². The van der Waals surface area contributed by atoms with E-state index in [2.05, 4.69) is 11.6 Å². The normalized spacial score (nSPS) is 22.5. The molecule has 0 amide bonds. The third kappa shape index (κ3) is 5.73. The molecule has 21 heavy (non-hydrogen) atoms. The van der Waals surface area contributed by atoms with Crippen molar-refractivity contribution in [3.63, 3.8) is 0 Å². The van der Waals surface area contributed by atoms with Crippen LogP contribution in [0.2, 0.25) is 0 Å². The number of nitrogen functional groups attached to an aromatic ring is 1. The molecule has 0 aliphatic carbocycles. The van der Waals surface area contributed by atoms with Gasteiger partial charge in [0.1, 0.15) is 0 Å². The first-order chi connectivity index (χ1) is 9.89. The zero-order chi connectivity index (χ0) is 15.3. The number of thioether (sulfide) groups is 2. The van der Waals surface area contributed by atoms with Crippen LogP contribution in [0, 0.1) is 0 Å². The SMILES string of the molecule is CC1(CNS(=O)(=O)CCSc2ccc(N)cc2)CCCS1. The third-order valence-corrected chi connectivity index (χ3v) is 7.60. The second-order valence-electron chi connectivity index (χ2n) is 5.46. The highest BCUT2D eigenvalue weighted by molar-refractivity contribution is 8.01. The van der Waals surface area contributed by atoms with E-state index in [1.54, 1.807) is 0 Å². The molecule has 1 atom stereocenters. The number of rotatable bonds is 7. The average Bonchev–Trinajstić information content (AvgIpc) is 2.87. The summed E-state index contributed by atoms with van der Waals surface area (Å²) < 4.78 is 26.9. The Balaban J connectivity index is 1.74. The van der Waals surface area contributed by atoms with Crippen molar-refractivity contribution in [1.29, 1.82) is 0 Å². The maximum atomic E-state index is 12.0. The molecule has 1 aliphatic rings. The highest BCUT2D eigenvalue weighted by atomic mass is 32.2. The second-order valence-corrected chi connectivity index (χ2v) is 10.2. The van der Waals surface area contributed by atoms with E-state index >= 15 is 0 Å². The Bertz CT molecular complexity index is 552. The zero-order valence-corrected chi connectivity index (χ0v) is 14.6. The second kappa shape index (κ2) is 7.26. The molecule has 1 unspecified atom stereocenters. The van der Waals surface area contributed by atoms with Crippen LogP contribution in [0.25, 0.3) is 0 Å². The van der Waals surface area contributed by atoms with E-state index in [0.29, 0.717) is 12.3 Å². The van der Waals surface area contributed by atoms with Crippen LogP contribution >= 0.6 is 23.5 Å². The van der Waals surface area contributed by atoms with Crippen LogP contribution < -0.4 is 10.5 Å². The number of hydrogen-bond acceptors (Lipinski definition) is 5. The van der Waals surface area contributed by atoms with Crippen LogP contribution in [-0.2, 0) is 10.0 Å². The smallest absolute Gasteiger partial charge is 0.212 e. The molecule has 0 saturated carbocycles. The minimum Gasteiger partial charge on any atom is -0.399 e. The average molecular weight is 347 g/mol. The van der Waals surface area contributed by atoms with Gasteiger partial charge in [0.15, 0.2) is 0 Å². The van der Waals surface area contributed by atoms with E-state index in [0.717, 1.165) is 22.8 Å². The molecule has 118 valence electrons. The molecule has 4 nitrogen and oxygen atoms in total. The van der Waals surface area contributed by atoms with Crippen molar-refractivity contribution < 1.29 is 8.42 Å². The van der Waals surface area contributed by atoms with Crippen LogP contribution in [0.15, 0.2) is 29.2 Å². The minimum absolute atomic E-state index is 0.0666. The van der Waals surface area contributed by atoms with Crippen LogP contribution in [0.1, 0.15) is 19.8 Å². The van der Waals surface area contributed by atoms with Crippen molar-refractivity contribution in [2.45, 2.75) is 29.4 Å². The molecular weight excluding hydrogens is 324 g/mol. The summed E-state index contributed by atoms with van der Waals surface area (Å²) in [5.74, 6) is 1.82. The Morgan fingerprint density at radius 1 is 1.38 bits per heavy atom. The predicted molar refractivity (Wildman–Crippen MR) is 93.5 cm³/mol. The van der Waals surface area contributed by atoms with Crippen LogP contribution in [0.5, 0.6) is 0 Å². The Morgan fingerprint density at radius 2 is 2.10 bits per heavy atom. The molecule has 3 N–H and O–H groups in total. The van der Waals surface area contributed by atoms with Gasteiger partial charge in [-0.1, -0.05) is 0 Å². The van der Waals surface area contributed by atoms with E-state index < -0.39 is 10.0 Å². The quantitative estimate of drug-likeness (QED) is 0.586. The van der Waals surface area contributed by atoms with Gasteiger partial charge in [-0.05, 0) is 49.8 Å². The molecule has 1 aliphatic heterocycles. The number of benzene rings is 1. The lowest BCUT2D eigenvalue weighted by atomic mass is 10.1. The van der Waals surface area contributed by atoms with Gasteiger partial charge in [0.2, 0.25) is 10.0 Å². The molecule has 1 heterocycles. The van der Waals surface area contributed by atoms with E-state index in [1.165, 1.54) is 18.2 Å². The van der Waals surface area contributed by atoms with Crippen molar-refractivity contribution in [1.82, 2.24) is 4.72 Å². The Hall–Kier alpha value is -0.370. The molecule has 0 spiro atoms. The maximum absolute atomic E-state index is 12.0. The van der Waals surface area contributed by atoms with Gasteiger partial charge in [-0.25, -0.2) is 13.1 Å². The topological polar surface area (TPSA) is 72.2 Å². The van der Waals surface area contributed by atoms with Gasteiger partial charge in [0.05, 0.1) is 5.75 Å². The molecule has 0 radical (unpaired) electrons. The molecule has 2 rings (SSSR count). The van der Waals surface area contributed by atoms with Gasteiger partial charge in [0, 0.05) is 27.6 Å². The fourth-order valence-electron chi connectivity index (χ4n) is 2.14. The molecule has 1 aromatic rings. The molecular formula is C14H22N2O2S3. The van der Waals surface area contributed by atoms with Gasteiger partial charge in [-0.3, -0.25) is 0 Å². The number of hydrogen-bond donors (Lipinski definition) is 2. The number of sulfonamides is 1. The molecule has 0 aromatic heterocycles. The molecule has 1 fully saturated rings. The largest absolute Gasteiger partial charge is 0.399 e. The summed E-state index contributed by atoms with van der Waals surface area (Å²) in [6.07, 6.45) is 2.26. The minimum atomic E-state index is -3.19. The van der Waals surface area contributed by atoms with Crippen molar-refractivity contribution in [2.75, 3.05) is 29.5 Å². The van der Waals surface area contributed by atoms with Gasteiger partial charge in [-0.15, -0.1) is 11.8 Å². The summed E-state index contributed by atoms with van der Waals surface area (Å²) in [5.41, 5.74) is 6.34. The van der Waals surface area contributed by atoms with Crippen molar-refractivity contribution >= 4 is 39.2 Å². The lowest BCUT2D eigenvalue weighted by molar-refractivity contribution is 0.553. The lowest BCUT2D eigenvalue weighted by Crippen LogP contribution is -2.38. The first-order valence-electron chi connectivity index (χ1n) is 6.98. The standard InChI is InChI=1S/C14H22N2O2S3/c1-14(7-2-8-20-14)11-16-21(17,18)10-9-19-13-5-3-12(15)4-6-13/h3-6,16H,2,7-11,15H2,1H3. The summed E-state index contributed by atoms with van der Waals surface area (Å²) in [7, 11) is -3.19. The summed E-state index contributed by atoms with van der Waals surface area (Å²) in [6, 6.07) is 7.48. The predicted octanol–water partition coefficient (Wildman–Crippen LogP) is 2.57. The van der Waals surface area contributed by atoms with Gasteiger partial charge in [0.25, 0.3) is 0 Å². The van der Waals surface area contributed by atoms with Crippen molar-refractivity contribution in [3.8, 4) is 0 Å². The van der Waals surface area contributed by atoms with E-state index in [4.69, 9.17) is 5.73 Å². The maximum Gasteiger partial charge on any atom is 0.212 e. The molecule has 1 aromatic carbocycles. The lowest BCUT2D eigenvalue weighted by Gasteiger charge is -2.22. The van der Waals surface area contributed by atoms with Crippen LogP contribution in [0.4, 0.5) is 5.69 Å². The van der Waals surface area contributed by atoms with E-state index in [1.807, 2.05) is 36.0 Å². The summed E-state index contributed by atoms with van der Waals surface area (Å²) >= 11 is 3.40. The first-order valence-corrected chi connectivity index (χ1v) is 10.6. The van der Waals surface area contributed by atoms with E-state index in [9.17, 15) is 8.42 Å². The zero-order valence-electron chi connectivity index (χ0n) is 12.2. The summed E-state index contributed by atoms with van der Waals surface area (Å²) in [4.78, 5) is 1.04. The Kier molecular flexibility index (Phi) is 5.88. The van der Waals surface area contributed by atoms with Crippen molar-refractivity contribution in [2.24, 2.45) is 0 Å². The number of anilines is 1. The fraction of sp³-hybridized carbons (Fsp3) is 0.571. The van der Waals surface area contributed by atoms with Gasteiger partial charge < -0.3 is 5.73 Å². The van der Waals surface area contributed by atoms with Crippen molar-refractivity contribution in [3.05, 3.63) is 24.3 Å². The first kappa shape index (κ1) is 17.0. The summed E-state index contributed by atoms with van der Waals surface area (Å²) in [6.45, 7) is 2.67. The fourth-order valence-corrected chi connectivity index (χ4v) is 5.94. The molecule has 1 saturated heterocycles. The number of nitrogens with one attached hydrogen (secondary N) is 1. The summed E-state index contributed by atoms with van der Waals surface area (Å²) in [5, 5.41) is 0.